The Bertz CT molecular complexity index is 958. The van der Waals surface area contributed by atoms with E-state index in [2.05, 4.69) is 9.97 Å². The van der Waals surface area contributed by atoms with Crippen LogP contribution in [-0.2, 0) is 0 Å². The topological polar surface area (TPSA) is 63.1 Å². The Balaban J connectivity index is 2.06. The molecule has 1 N–H and O–H groups in total. The molecule has 0 spiro atoms. The number of aromatic hydroxyl groups is 1. The van der Waals surface area contributed by atoms with Crippen LogP contribution in [0.15, 0.2) is 48.1 Å². The number of phenolic OH excluding ortho intramolecular Hbond substituents is 1. The van der Waals surface area contributed by atoms with Crippen molar-refractivity contribution in [2.75, 3.05) is 0 Å². The number of pyridine rings is 1. The lowest BCUT2D eigenvalue weighted by molar-refractivity contribution is 0.105. The summed E-state index contributed by atoms with van der Waals surface area (Å²) >= 11 is 1.50. The molecule has 4 rings (SSSR count). The van der Waals surface area contributed by atoms with Crippen molar-refractivity contribution in [3.8, 4) is 5.75 Å². The number of nitrogens with zero attached hydrogens (tertiary/aromatic N) is 2. The number of aromatic nitrogens is 2. The van der Waals surface area contributed by atoms with E-state index in [0.717, 1.165) is 21.7 Å². The van der Waals surface area contributed by atoms with Gasteiger partial charge in [0.1, 0.15) is 5.75 Å². The zero-order chi connectivity index (χ0) is 16.0. The number of Topliss-reactive ketones (excluding diaryl/α,β-unsaturated/α-hetero) is 1. The molecule has 1 aliphatic carbocycles. The molecule has 23 heavy (non-hydrogen) atoms. The summed E-state index contributed by atoms with van der Waals surface area (Å²) in [4.78, 5) is 22.6. The number of fused-ring (bicyclic) bond motifs is 1. The van der Waals surface area contributed by atoms with E-state index < -0.39 is 0 Å². The van der Waals surface area contributed by atoms with Gasteiger partial charge in [0.15, 0.2) is 5.78 Å². The van der Waals surface area contributed by atoms with E-state index >= 15 is 0 Å². The maximum atomic E-state index is 12.9. The van der Waals surface area contributed by atoms with Crippen LogP contribution in [0.1, 0.15) is 32.2 Å². The number of aryl methyl sites for hydroxylation is 1. The molecule has 4 nitrogen and oxygen atoms in total. The Kier molecular flexibility index (Phi) is 3.09. The van der Waals surface area contributed by atoms with Crippen LogP contribution in [0.25, 0.3) is 11.1 Å². The lowest BCUT2D eigenvalue weighted by Gasteiger charge is -2.06. The Morgan fingerprint density at radius 3 is 2.61 bits per heavy atom. The van der Waals surface area contributed by atoms with Gasteiger partial charge in [0.25, 0.3) is 0 Å². The standard InChI is InChI=1S/C18H12N2O2S/c1-10-18(23-9-20-10)15-12-6-5-11(21)8-13(12)17(22)16(15)14-4-2-3-7-19-14/h2-9,21H,1H3. The number of carbonyl (C=O) groups excluding carboxylic acids is 1. The first-order valence-corrected chi connectivity index (χ1v) is 7.99. The Morgan fingerprint density at radius 2 is 1.91 bits per heavy atom. The zero-order valence-corrected chi connectivity index (χ0v) is 13.1. The van der Waals surface area contributed by atoms with E-state index in [9.17, 15) is 9.90 Å². The quantitative estimate of drug-likeness (QED) is 0.782. The average molecular weight is 320 g/mol. The molecule has 0 saturated heterocycles. The summed E-state index contributed by atoms with van der Waals surface area (Å²) in [7, 11) is 0. The highest BCUT2D eigenvalue weighted by atomic mass is 32.1. The van der Waals surface area contributed by atoms with Gasteiger partial charge in [-0.05, 0) is 42.8 Å². The lowest BCUT2D eigenvalue weighted by atomic mass is 10.0. The average Bonchev–Trinajstić information content (AvgIpc) is 3.10. The van der Waals surface area contributed by atoms with E-state index in [4.69, 9.17) is 0 Å². The number of benzene rings is 1. The fourth-order valence-electron chi connectivity index (χ4n) is 2.85. The molecule has 5 heteroatoms. The van der Waals surface area contributed by atoms with Crippen molar-refractivity contribution in [3.63, 3.8) is 0 Å². The van der Waals surface area contributed by atoms with Crippen LogP contribution < -0.4 is 0 Å². The molecule has 0 amide bonds. The zero-order valence-electron chi connectivity index (χ0n) is 12.3. The third-order valence-electron chi connectivity index (χ3n) is 3.89. The van der Waals surface area contributed by atoms with Crippen molar-refractivity contribution in [1.29, 1.82) is 0 Å². The van der Waals surface area contributed by atoms with Crippen molar-refractivity contribution >= 4 is 28.3 Å². The smallest absolute Gasteiger partial charge is 0.196 e. The minimum atomic E-state index is -0.114. The SMILES string of the molecule is Cc1ncsc1C1=C(c2ccccn2)C(=O)c2cc(O)ccc21. The third-order valence-corrected chi connectivity index (χ3v) is 4.83. The number of hydrogen-bond acceptors (Lipinski definition) is 5. The first-order chi connectivity index (χ1) is 11.2. The molecule has 2 heterocycles. The maximum absolute atomic E-state index is 12.9. The molecule has 0 atom stereocenters. The van der Waals surface area contributed by atoms with Crippen LogP contribution in [-0.4, -0.2) is 20.9 Å². The minimum absolute atomic E-state index is 0.0831. The first kappa shape index (κ1) is 13.8. The van der Waals surface area contributed by atoms with E-state index in [1.54, 1.807) is 23.8 Å². The Morgan fingerprint density at radius 1 is 1.04 bits per heavy atom. The van der Waals surface area contributed by atoms with Gasteiger partial charge < -0.3 is 5.11 Å². The van der Waals surface area contributed by atoms with Gasteiger partial charge in [-0.25, -0.2) is 4.98 Å². The number of rotatable bonds is 2. The van der Waals surface area contributed by atoms with Crippen LogP contribution in [0.4, 0.5) is 0 Å². The molecule has 0 fully saturated rings. The summed E-state index contributed by atoms with van der Waals surface area (Å²) in [5.74, 6) is -0.0304. The Labute approximate surface area is 136 Å². The maximum Gasteiger partial charge on any atom is 0.196 e. The van der Waals surface area contributed by atoms with Crippen molar-refractivity contribution in [1.82, 2.24) is 9.97 Å². The fourth-order valence-corrected chi connectivity index (χ4v) is 3.72. The van der Waals surface area contributed by atoms with Gasteiger partial charge in [-0.1, -0.05) is 6.07 Å². The van der Waals surface area contributed by atoms with Gasteiger partial charge in [0.2, 0.25) is 0 Å². The Hall–Kier alpha value is -2.79. The summed E-state index contributed by atoms with van der Waals surface area (Å²) in [6.07, 6.45) is 1.67. The largest absolute Gasteiger partial charge is 0.508 e. The summed E-state index contributed by atoms with van der Waals surface area (Å²) in [6, 6.07) is 10.4. The molecule has 0 unspecified atom stereocenters. The number of ketones is 1. The van der Waals surface area contributed by atoms with Crippen LogP contribution in [0.5, 0.6) is 5.75 Å². The molecule has 3 aromatic rings. The van der Waals surface area contributed by atoms with Crippen molar-refractivity contribution in [3.05, 3.63) is 75.5 Å². The molecule has 0 radical (unpaired) electrons. The highest BCUT2D eigenvalue weighted by Crippen LogP contribution is 2.44. The lowest BCUT2D eigenvalue weighted by Crippen LogP contribution is -2.00. The highest BCUT2D eigenvalue weighted by molar-refractivity contribution is 7.11. The molecule has 1 aliphatic rings. The molecule has 112 valence electrons. The first-order valence-electron chi connectivity index (χ1n) is 7.11. The summed E-state index contributed by atoms with van der Waals surface area (Å²) in [6.45, 7) is 1.93. The normalized spacial score (nSPS) is 13.5. The molecular weight excluding hydrogens is 308 g/mol. The highest BCUT2D eigenvalue weighted by Gasteiger charge is 2.33. The number of phenols is 1. The molecule has 0 saturated carbocycles. The van der Waals surface area contributed by atoms with Crippen molar-refractivity contribution in [2.24, 2.45) is 0 Å². The van der Waals surface area contributed by atoms with Gasteiger partial charge in [-0.15, -0.1) is 11.3 Å². The predicted molar refractivity (Wildman–Crippen MR) is 89.4 cm³/mol. The molecule has 0 aliphatic heterocycles. The van der Waals surface area contributed by atoms with Gasteiger partial charge in [-0.3, -0.25) is 9.78 Å². The number of hydrogen-bond donors (Lipinski definition) is 1. The van der Waals surface area contributed by atoms with Crippen LogP contribution in [0.3, 0.4) is 0 Å². The van der Waals surface area contributed by atoms with E-state index in [0.29, 0.717) is 16.8 Å². The predicted octanol–water partition coefficient (Wildman–Crippen LogP) is 3.71. The molecular formula is C18H12N2O2S. The van der Waals surface area contributed by atoms with Gasteiger partial charge in [0.05, 0.1) is 27.3 Å². The summed E-state index contributed by atoms with van der Waals surface area (Å²) in [5, 5.41) is 9.75. The van der Waals surface area contributed by atoms with E-state index in [1.807, 2.05) is 25.1 Å². The second-order valence-electron chi connectivity index (χ2n) is 5.29. The minimum Gasteiger partial charge on any atom is -0.508 e. The van der Waals surface area contributed by atoms with Gasteiger partial charge in [0, 0.05) is 17.3 Å². The van der Waals surface area contributed by atoms with Crippen molar-refractivity contribution in [2.45, 2.75) is 6.92 Å². The molecule has 2 aromatic heterocycles. The fraction of sp³-hybridized carbons (Fsp3) is 0.0556. The second-order valence-corrected chi connectivity index (χ2v) is 6.15. The van der Waals surface area contributed by atoms with Crippen molar-refractivity contribution < 1.29 is 9.90 Å². The molecule has 1 aromatic carbocycles. The third kappa shape index (κ3) is 2.09. The van der Waals surface area contributed by atoms with E-state index in [-0.39, 0.29) is 11.5 Å². The summed E-state index contributed by atoms with van der Waals surface area (Å²) in [5.41, 5.74) is 6.04. The number of carbonyl (C=O) groups is 1. The van der Waals surface area contributed by atoms with Crippen LogP contribution in [0.2, 0.25) is 0 Å². The van der Waals surface area contributed by atoms with Crippen LogP contribution in [0, 0.1) is 6.92 Å². The summed E-state index contributed by atoms with van der Waals surface area (Å²) < 4.78 is 0. The number of thiazole rings is 1. The molecule has 0 bridgehead atoms. The second kappa shape index (κ2) is 5.14. The van der Waals surface area contributed by atoms with E-state index in [1.165, 1.54) is 17.4 Å². The number of allylic oxidation sites excluding steroid dienone is 1. The van der Waals surface area contributed by atoms with Gasteiger partial charge in [-0.2, -0.15) is 0 Å². The monoisotopic (exact) mass is 320 g/mol. The van der Waals surface area contributed by atoms with Gasteiger partial charge >= 0.3 is 0 Å². The van der Waals surface area contributed by atoms with Crippen LogP contribution >= 0.6 is 11.3 Å².